The highest BCUT2D eigenvalue weighted by molar-refractivity contribution is 5.90. The fraction of sp³-hybridized carbons (Fsp3) is 0.308. The van der Waals surface area contributed by atoms with Gasteiger partial charge in [0.1, 0.15) is 0 Å². The topological polar surface area (TPSA) is 92.4 Å². The van der Waals surface area contributed by atoms with E-state index >= 15 is 0 Å². The second-order valence-corrected chi connectivity index (χ2v) is 8.92. The van der Waals surface area contributed by atoms with Crippen molar-refractivity contribution in [3.05, 3.63) is 70.5 Å². The Bertz CT molecular complexity index is 1360. The third kappa shape index (κ3) is 4.42. The van der Waals surface area contributed by atoms with Crippen LogP contribution in [0.5, 0.6) is 0 Å². The molecule has 7 heteroatoms. The van der Waals surface area contributed by atoms with E-state index in [1.54, 1.807) is 0 Å². The van der Waals surface area contributed by atoms with Crippen molar-refractivity contribution >= 4 is 27.8 Å². The van der Waals surface area contributed by atoms with Crippen molar-refractivity contribution in [2.45, 2.75) is 25.9 Å². The first-order valence-electron chi connectivity index (χ1n) is 11.4. The Balaban J connectivity index is 1.37. The zero-order valence-electron chi connectivity index (χ0n) is 18.7. The molecule has 1 atom stereocenters. The molecule has 0 amide bonds. The Kier molecular flexibility index (Phi) is 5.74. The molecule has 0 bridgehead atoms. The number of para-hydroxylation sites is 1. The number of H-pyrrole nitrogens is 2. The van der Waals surface area contributed by atoms with Gasteiger partial charge in [0.25, 0.3) is 5.56 Å². The van der Waals surface area contributed by atoms with Crippen LogP contribution in [-0.2, 0) is 11.3 Å². The smallest absolute Gasteiger partial charge is 0.304 e. The van der Waals surface area contributed by atoms with E-state index in [2.05, 4.69) is 31.9 Å². The van der Waals surface area contributed by atoms with Gasteiger partial charge in [0, 0.05) is 55.2 Å². The molecule has 33 heavy (non-hydrogen) atoms. The summed E-state index contributed by atoms with van der Waals surface area (Å²) in [5.74, 6) is -0.745. The molecule has 0 aliphatic carbocycles. The molecule has 1 saturated heterocycles. The van der Waals surface area contributed by atoms with E-state index in [-0.39, 0.29) is 18.0 Å². The van der Waals surface area contributed by atoms with E-state index in [0.717, 1.165) is 60.2 Å². The van der Waals surface area contributed by atoms with Crippen LogP contribution >= 0.6 is 0 Å². The lowest BCUT2D eigenvalue weighted by Crippen LogP contribution is -2.49. The van der Waals surface area contributed by atoms with Gasteiger partial charge in [-0.1, -0.05) is 30.3 Å². The number of aromatic amines is 2. The largest absolute Gasteiger partial charge is 0.481 e. The molecule has 0 radical (unpaired) electrons. The molecule has 5 rings (SSSR count). The number of fused-ring (bicyclic) bond motifs is 2. The number of carboxylic acids is 1. The lowest BCUT2D eigenvalue weighted by Gasteiger charge is -2.37. The molecular weight excluding hydrogens is 416 g/mol. The van der Waals surface area contributed by atoms with Crippen LogP contribution in [-0.4, -0.2) is 63.1 Å². The summed E-state index contributed by atoms with van der Waals surface area (Å²) in [6.45, 7) is 6.36. The minimum absolute atomic E-state index is 0.0559. The molecule has 3 N–H and O–H groups in total. The lowest BCUT2D eigenvalue weighted by atomic mass is 10.1. The highest BCUT2D eigenvalue weighted by Gasteiger charge is 2.23. The number of piperazine rings is 1. The van der Waals surface area contributed by atoms with Gasteiger partial charge in [0.15, 0.2) is 0 Å². The number of aromatic nitrogens is 2. The number of nitrogens with zero attached hydrogens (tertiary/aromatic N) is 2. The monoisotopic (exact) mass is 444 g/mol. The van der Waals surface area contributed by atoms with Gasteiger partial charge >= 0.3 is 5.97 Å². The second-order valence-electron chi connectivity index (χ2n) is 8.92. The van der Waals surface area contributed by atoms with E-state index in [1.807, 2.05) is 49.4 Å². The van der Waals surface area contributed by atoms with Crippen molar-refractivity contribution in [3.63, 3.8) is 0 Å². The highest BCUT2D eigenvalue weighted by Crippen LogP contribution is 2.27. The maximum Gasteiger partial charge on any atom is 0.304 e. The predicted molar refractivity (Wildman–Crippen MR) is 130 cm³/mol. The summed E-state index contributed by atoms with van der Waals surface area (Å²) in [6, 6.07) is 18.1. The Morgan fingerprint density at radius 1 is 1.00 bits per heavy atom. The van der Waals surface area contributed by atoms with Crippen molar-refractivity contribution < 1.29 is 9.90 Å². The number of carboxylic acid groups (broad SMARTS) is 1. The fourth-order valence-corrected chi connectivity index (χ4v) is 4.83. The number of rotatable bonds is 6. The molecule has 0 saturated carbocycles. The number of hydrogen-bond acceptors (Lipinski definition) is 4. The van der Waals surface area contributed by atoms with Gasteiger partial charge in [-0.3, -0.25) is 19.4 Å². The molecule has 1 aliphatic rings. The molecule has 1 aliphatic heterocycles. The van der Waals surface area contributed by atoms with Gasteiger partial charge in [-0.05, 0) is 42.1 Å². The van der Waals surface area contributed by atoms with E-state index in [0.29, 0.717) is 5.56 Å². The Labute approximate surface area is 191 Å². The van der Waals surface area contributed by atoms with Crippen molar-refractivity contribution in [2.75, 3.05) is 26.2 Å². The molecule has 3 heterocycles. The summed E-state index contributed by atoms with van der Waals surface area (Å²) in [6.07, 6.45) is 0.180. The minimum atomic E-state index is -0.745. The average molecular weight is 445 g/mol. The summed E-state index contributed by atoms with van der Waals surface area (Å²) in [5.41, 5.74) is 4.42. The van der Waals surface area contributed by atoms with Gasteiger partial charge in [0.2, 0.25) is 0 Å². The van der Waals surface area contributed by atoms with Gasteiger partial charge in [-0.25, -0.2) is 0 Å². The van der Waals surface area contributed by atoms with Gasteiger partial charge in [-0.15, -0.1) is 0 Å². The van der Waals surface area contributed by atoms with Crippen molar-refractivity contribution in [1.29, 1.82) is 0 Å². The highest BCUT2D eigenvalue weighted by atomic mass is 16.4. The molecule has 2 aromatic heterocycles. The summed E-state index contributed by atoms with van der Waals surface area (Å²) < 4.78 is 0. The lowest BCUT2D eigenvalue weighted by molar-refractivity contribution is -0.138. The number of carbonyl (C=O) groups is 1. The first-order valence-corrected chi connectivity index (χ1v) is 11.4. The van der Waals surface area contributed by atoms with Crippen LogP contribution in [0.3, 0.4) is 0 Å². The van der Waals surface area contributed by atoms with E-state index in [4.69, 9.17) is 5.11 Å². The number of nitrogens with one attached hydrogen (secondary N) is 2. The molecule has 1 unspecified atom stereocenters. The van der Waals surface area contributed by atoms with E-state index in [9.17, 15) is 9.59 Å². The van der Waals surface area contributed by atoms with Crippen LogP contribution in [0.15, 0.2) is 59.4 Å². The minimum Gasteiger partial charge on any atom is -0.481 e. The normalized spacial score (nSPS) is 16.4. The summed E-state index contributed by atoms with van der Waals surface area (Å²) in [7, 11) is 0. The van der Waals surface area contributed by atoms with Gasteiger partial charge < -0.3 is 15.1 Å². The summed E-state index contributed by atoms with van der Waals surface area (Å²) >= 11 is 0. The van der Waals surface area contributed by atoms with E-state index in [1.165, 1.54) is 5.56 Å². The summed E-state index contributed by atoms with van der Waals surface area (Å²) in [5, 5.41) is 11.2. The SMILES string of the molecule is CC(CC(=O)O)N1CCN(Cc2cccc3[nH]c(-c4cc5ccccc5[nH]c4=O)cc23)CC1. The van der Waals surface area contributed by atoms with Gasteiger partial charge in [0.05, 0.1) is 17.7 Å². The zero-order valence-corrected chi connectivity index (χ0v) is 18.7. The molecular formula is C26H28N4O3. The van der Waals surface area contributed by atoms with E-state index < -0.39 is 5.97 Å². The van der Waals surface area contributed by atoms with Crippen molar-refractivity contribution in [3.8, 4) is 11.3 Å². The molecule has 2 aromatic carbocycles. The summed E-state index contributed by atoms with van der Waals surface area (Å²) in [4.78, 5) is 34.8. The molecule has 4 aromatic rings. The predicted octanol–water partition coefficient (Wildman–Crippen LogP) is 3.66. The second kappa shape index (κ2) is 8.84. The van der Waals surface area contributed by atoms with Crippen LogP contribution in [0.4, 0.5) is 0 Å². The Morgan fingerprint density at radius 3 is 2.55 bits per heavy atom. The first-order chi connectivity index (χ1) is 16.0. The molecule has 1 fully saturated rings. The van der Waals surface area contributed by atoms with Crippen molar-refractivity contribution in [2.24, 2.45) is 0 Å². The van der Waals surface area contributed by atoms with Crippen LogP contribution in [0, 0.1) is 0 Å². The number of benzene rings is 2. The Hall–Kier alpha value is -3.42. The number of pyridine rings is 1. The van der Waals surface area contributed by atoms with Crippen LogP contribution < -0.4 is 5.56 Å². The number of hydrogen-bond donors (Lipinski definition) is 3. The third-order valence-corrected chi connectivity index (χ3v) is 6.69. The maximum absolute atomic E-state index is 12.7. The van der Waals surface area contributed by atoms with Crippen molar-refractivity contribution in [1.82, 2.24) is 19.8 Å². The number of aliphatic carboxylic acids is 1. The maximum atomic E-state index is 12.7. The zero-order chi connectivity index (χ0) is 22.9. The van der Waals surface area contributed by atoms with Crippen LogP contribution in [0.2, 0.25) is 0 Å². The standard InChI is InChI=1S/C26H28N4O3/c1-17(13-25(31)32)30-11-9-29(10-12-30)16-19-6-4-8-23-20(19)15-24(27-23)21-14-18-5-2-3-7-22(18)28-26(21)33/h2-8,14-15,17,27H,9-13,16H2,1H3,(H,28,33)(H,31,32). The average Bonchev–Trinajstić information content (AvgIpc) is 3.24. The fourth-order valence-electron chi connectivity index (χ4n) is 4.83. The third-order valence-electron chi connectivity index (χ3n) is 6.69. The molecule has 170 valence electrons. The molecule has 0 spiro atoms. The Morgan fingerprint density at radius 2 is 1.76 bits per heavy atom. The van der Waals surface area contributed by atoms with Crippen LogP contribution in [0.1, 0.15) is 18.9 Å². The molecule has 7 nitrogen and oxygen atoms in total. The quantitative estimate of drug-likeness (QED) is 0.422. The first kappa shape index (κ1) is 21.4. The van der Waals surface area contributed by atoms with Gasteiger partial charge in [-0.2, -0.15) is 0 Å². The van der Waals surface area contributed by atoms with Crippen LogP contribution in [0.25, 0.3) is 33.1 Å².